The Morgan fingerprint density at radius 1 is 0.804 bits per heavy atom. The maximum absolute atomic E-state index is 14.3. The van der Waals surface area contributed by atoms with E-state index in [2.05, 4.69) is 80.4 Å². The van der Waals surface area contributed by atoms with Crippen LogP contribution >= 0.6 is 22.9 Å². The number of aromatic nitrogens is 4. The summed E-state index contributed by atoms with van der Waals surface area (Å²) in [6, 6.07) is 28.7. The molecule has 796 valence electrons. The molecule has 39 nitrogen and oxygen atoms in total. The highest BCUT2D eigenvalue weighted by Gasteiger charge is 2.61. The molecule has 3 aromatic heterocycles. The first-order chi connectivity index (χ1) is 70.8. The van der Waals surface area contributed by atoms with Crippen LogP contribution in [0, 0.1) is 70.3 Å². The lowest BCUT2D eigenvalue weighted by Gasteiger charge is -2.48. The van der Waals surface area contributed by atoms with Crippen LogP contribution in [0.5, 0.6) is 34.8 Å². The number of para-hydroxylation sites is 4. The number of anilines is 1. The number of aliphatic hydroxyl groups is 3. The topological polar surface area (TPSA) is 472 Å². The third-order valence-electron chi connectivity index (χ3n) is 26.3. The number of fused-ring (bicyclic) bond motifs is 3. The number of benzene rings is 4. The van der Waals surface area contributed by atoms with Crippen molar-refractivity contribution in [2.24, 2.45) is 28.8 Å². The lowest BCUT2D eigenvalue weighted by molar-refractivity contribution is -0.486. The smallest absolute Gasteiger partial charge is 0.503 e. The summed E-state index contributed by atoms with van der Waals surface area (Å²) in [4.78, 5) is 81.4. The quantitative estimate of drug-likeness (QED) is 0.00830. The third kappa shape index (κ3) is 27.9. The number of methoxy groups -OCH3 is 6. The molecule has 16 rings (SSSR count). The average Bonchev–Trinajstić information content (AvgIpc) is 1.52. The van der Waals surface area contributed by atoms with Crippen molar-refractivity contribution >= 4 is 64.0 Å². The second-order valence-corrected chi connectivity index (χ2v) is 38.3. The molecule has 1 unspecified atom stereocenters. The van der Waals surface area contributed by atoms with E-state index in [4.69, 9.17) is 97.4 Å². The number of hydrogen-bond donors (Lipinski definition) is 4. The summed E-state index contributed by atoms with van der Waals surface area (Å²) in [5, 5.41) is 65.5. The highest BCUT2D eigenvalue weighted by Crippen LogP contribution is 2.51. The summed E-state index contributed by atoms with van der Waals surface area (Å²) in [6.07, 6.45) is 12.1. The number of aliphatic hydroxyl groups excluding tert-OH is 2. The zero-order valence-corrected chi connectivity index (χ0v) is 87.0. The number of aromatic amines is 1. The van der Waals surface area contributed by atoms with Crippen molar-refractivity contribution in [1.29, 1.82) is 10.5 Å². The number of ether oxygens (including phenoxy) is 19. The maximum atomic E-state index is 14.3. The summed E-state index contributed by atoms with van der Waals surface area (Å²) in [5.41, 5.74) is 4.96. The minimum absolute atomic E-state index is 0.0317. The predicted molar refractivity (Wildman–Crippen MR) is 534 cm³/mol. The van der Waals surface area contributed by atoms with Crippen LogP contribution in [-0.2, 0) is 96.8 Å². The van der Waals surface area contributed by atoms with Gasteiger partial charge in [0, 0.05) is 106 Å². The molecule has 9 aliphatic rings. The number of rotatable bonds is 24. The molecular weight excluding hydrogens is 1970 g/mol. The number of carbonyl (C=O) groups excluding carboxylic acids is 4. The number of hydrazone groups is 1. The number of aryl methyl sites for hydroxylation is 2. The van der Waals surface area contributed by atoms with Crippen LogP contribution in [0.2, 0.25) is 4.47 Å². The van der Waals surface area contributed by atoms with Gasteiger partial charge >= 0.3 is 24.2 Å². The van der Waals surface area contributed by atoms with Crippen LogP contribution in [-0.4, -0.2) is 266 Å². The number of esters is 3. The van der Waals surface area contributed by atoms with Gasteiger partial charge in [0.1, 0.15) is 109 Å². The number of guanidine groups is 1. The molecule has 21 atom stereocenters. The molecule has 4 N–H and O–H groups in total. The van der Waals surface area contributed by atoms with Gasteiger partial charge in [-0.2, -0.15) is 10.5 Å². The number of alkyl halides is 2. The lowest BCUT2D eigenvalue weighted by atomic mass is 9.71. The third-order valence-corrected chi connectivity index (χ3v) is 27.4. The first kappa shape index (κ1) is 114. The van der Waals surface area contributed by atoms with Crippen molar-refractivity contribution < 1.29 is 138 Å². The van der Waals surface area contributed by atoms with E-state index in [1.807, 2.05) is 70.2 Å². The van der Waals surface area contributed by atoms with Gasteiger partial charge in [-0.25, -0.2) is 34.7 Å². The van der Waals surface area contributed by atoms with Crippen molar-refractivity contribution in [2.45, 2.75) is 231 Å². The first-order valence-electron chi connectivity index (χ1n) is 48.0. The highest BCUT2D eigenvalue weighted by molar-refractivity contribution is 7.15. The summed E-state index contributed by atoms with van der Waals surface area (Å²) in [7, 11) is 10.4. The monoisotopic (exact) mass is 2090 g/mol. The zero-order chi connectivity index (χ0) is 107. The second-order valence-electron chi connectivity index (χ2n) is 36.6. The highest BCUT2D eigenvalue weighted by atomic mass is 35.5. The SMILES string of the molecule is CCC(C)[C@H]1O[C@]2(C=C[C@@H]1C)C[C@@H]1C[C@@H](C/C=C(\C)[C@@H](O[C@H]3C[C@H](OC)[C@@H](O[C@H]4C[C@H](OC)[C@@H](O)[C@H](C)O4)[C@H](C)O3)[C@@H](C)/C=C/C=C3\CO[C@@H]4[C@H](O)C(C)=C[C@@H](C(=O)O1)[C@]34O)O2.CN1COCN(Cc2cnc(Cl)s2)/C1=N/[N+](=O)[O-].CO/C=C(/C(=O)OC)c1ccccc1Oc1cc(Oc2ccccc2C#N)ncn1.COCC(=O)N(c1c(C)cccc1C)[C@H](C)C(=O)OC.N#Cc1c[nH]cc1-c1cccc2c1OC(F)(F)O2. The molecule has 0 radical (unpaired) electrons. The molecule has 8 aliphatic heterocycles. The molecule has 148 heavy (non-hydrogen) atoms. The molecule has 2 bridgehead atoms. The molecule has 7 aromatic rings. The maximum Gasteiger partial charge on any atom is 0.586 e. The van der Waals surface area contributed by atoms with E-state index < -0.39 is 120 Å². The van der Waals surface area contributed by atoms with Crippen LogP contribution in [0.3, 0.4) is 0 Å². The summed E-state index contributed by atoms with van der Waals surface area (Å²) < 4.78 is 135. The number of allylic oxidation sites excluding steroid dienone is 2. The number of H-pyrrole nitrogens is 1. The normalized spacial score (nSPS) is 28.5. The fraction of sp³-hybridized carbons (Fsp3) is 0.486. The van der Waals surface area contributed by atoms with Gasteiger partial charge in [-0.1, -0.05) is 143 Å². The fourth-order valence-electron chi connectivity index (χ4n) is 18.7. The van der Waals surface area contributed by atoms with Gasteiger partial charge in [0.2, 0.25) is 11.8 Å². The molecule has 4 aromatic carbocycles. The van der Waals surface area contributed by atoms with E-state index in [-0.39, 0.29) is 103 Å². The molecular formula is C105H126ClF2N11O28S. The van der Waals surface area contributed by atoms with E-state index in [0.29, 0.717) is 93.6 Å². The summed E-state index contributed by atoms with van der Waals surface area (Å²) >= 11 is 7.05. The average molecular weight is 2100 g/mol. The Bertz CT molecular complexity index is 6070. The van der Waals surface area contributed by atoms with Gasteiger partial charge in [0.25, 0.3) is 11.9 Å². The number of nitrogens with zero attached hydrogens (tertiary/aromatic N) is 10. The number of amides is 1. The minimum Gasteiger partial charge on any atom is -0.503 e. The van der Waals surface area contributed by atoms with E-state index >= 15 is 0 Å². The number of nitro groups is 1. The standard InChI is InChI=1S/C48H72O14.C22H17N3O5.C15H21NO4.C12H6F2N2O2.C8H10ClN5O3S/c1-11-25(2)43-28(5)17-18-47(62-43)23-34-20-33(61-47)16-15-27(4)42(26(3)13-12-14-32-24-55-45-40(49)29(6)19-35(46(51)58-34)48(32,45)52)59-39-22-37(54-10)44(31(8)57-39)60-38-21-36(53-9)41(50)30(7)56-38;1-27-13-17(22(26)28-2)16-8-4-6-10-19(16)30-21-11-20(24-14-25-21)29-18-9-5-3-7-15(18)12-23;1-10-7-6-8-11(2)14(10)16(13(17)9-19-4)12(3)15(18)20-5;13-12(14)17-10-3-1-2-8(11(10)18-12)9-6-16-5-7(9)4-15;1-12-4-17-5-13(8(12)11-14(15)16)3-6-2-10-7(9)18-6/h12-15,17-19,25-26,28,30-31,33-45,49-50,52H,11,16,20-24H2,1-10H3;3-11,13-14H,1-2H3;6-8,12H,9H2,1-5H3;1-3,5-6,16H;2H,3-5H2,1H3/b13-12+,27-15+,32-14+;17-13+;;;11-8+/t25?,26-,28-,30-,31-,33+,34-,35-,36-,37-,38-,39-,40+,41-,42-,43+,44-,45+,47+,48+;;12-;;/m0.1../s1. The first-order valence-corrected chi connectivity index (χ1v) is 49.2. The van der Waals surface area contributed by atoms with Gasteiger partial charge in [0.05, 0.1) is 106 Å². The Morgan fingerprint density at radius 3 is 2.16 bits per heavy atom. The van der Waals surface area contributed by atoms with Crippen LogP contribution in [0.25, 0.3) is 16.7 Å². The van der Waals surface area contributed by atoms with E-state index in [1.54, 1.807) is 137 Å². The Labute approximate surface area is 865 Å². The number of carbonyl (C=O) groups is 4. The molecule has 5 fully saturated rings. The van der Waals surface area contributed by atoms with E-state index in [1.165, 1.54) is 75.6 Å². The Morgan fingerprint density at radius 2 is 1.49 bits per heavy atom. The lowest BCUT2D eigenvalue weighted by Crippen LogP contribution is -2.58. The molecule has 11 heterocycles. The van der Waals surface area contributed by atoms with Crippen molar-refractivity contribution in [3.63, 3.8) is 0 Å². The summed E-state index contributed by atoms with van der Waals surface area (Å²) in [5.74, 6) is -2.62. The van der Waals surface area contributed by atoms with Gasteiger partial charge < -0.3 is 120 Å². The van der Waals surface area contributed by atoms with E-state index in [9.17, 15) is 58.7 Å². The Kier molecular flexibility index (Phi) is 40.1. The Hall–Kier alpha value is -12.6. The molecule has 1 aliphatic carbocycles. The van der Waals surface area contributed by atoms with Crippen molar-refractivity contribution in [3.8, 4) is 58.0 Å². The van der Waals surface area contributed by atoms with Crippen molar-refractivity contribution in [3.05, 3.63) is 229 Å². The number of nitriles is 2. The van der Waals surface area contributed by atoms with Gasteiger partial charge in [-0.05, 0) is 119 Å². The van der Waals surface area contributed by atoms with Gasteiger partial charge in [0.15, 0.2) is 39.4 Å². The number of hydrogen-bond acceptors (Lipinski definition) is 34. The Balaban J connectivity index is 0.000000186. The molecule has 43 heteroatoms. The van der Waals surface area contributed by atoms with Crippen LogP contribution in [0.1, 0.15) is 134 Å². The predicted octanol–water partition coefficient (Wildman–Crippen LogP) is 15.2. The largest absolute Gasteiger partial charge is 0.586 e. The van der Waals surface area contributed by atoms with Gasteiger partial charge in [-0.15, -0.1) is 20.1 Å². The fourth-order valence-corrected chi connectivity index (χ4v) is 19.7. The van der Waals surface area contributed by atoms with Crippen molar-refractivity contribution in [2.75, 3.05) is 81.3 Å². The van der Waals surface area contributed by atoms with E-state index in [0.717, 1.165) is 33.7 Å². The minimum atomic E-state index is -3.67. The number of halogens is 3. The van der Waals surface area contributed by atoms with Crippen LogP contribution < -0.4 is 23.8 Å². The van der Waals surface area contributed by atoms with Crippen LogP contribution in [0.4, 0.5) is 14.5 Å². The molecule has 1 amide bonds. The molecule has 5 saturated heterocycles. The summed E-state index contributed by atoms with van der Waals surface area (Å²) in [6.45, 7) is 22.4. The molecule has 0 saturated carbocycles. The van der Waals surface area contributed by atoms with Crippen LogP contribution in [0.15, 0.2) is 187 Å². The number of thiazole rings is 1. The zero-order valence-electron chi connectivity index (χ0n) is 85.4. The van der Waals surface area contributed by atoms with Gasteiger partial charge in [-0.3, -0.25) is 14.5 Å². The number of nitrogens with one attached hydrogen (secondary N) is 1. The second kappa shape index (κ2) is 52.1. The van der Waals surface area contributed by atoms with Crippen molar-refractivity contribution in [1.82, 2.24) is 29.7 Å². The molecule has 1 spiro atoms.